The molecule has 8 nitrogen and oxygen atoms in total. The molecule has 98 valence electrons. The number of nitrogens with one attached hydrogen (secondary N) is 2. The van der Waals surface area contributed by atoms with Crippen molar-refractivity contribution in [2.75, 3.05) is 11.9 Å². The third kappa shape index (κ3) is 2.46. The third-order valence-corrected chi connectivity index (χ3v) is 2.74. The Kier molecular flexibility index (Phi) is 2.97. The molecule has 0 atom stereocenters. The Morgan fingerprint density at radius 3 is 3.21 bits per heavy atom. The van der Waals surface area contributed by atoms with Gasteiger partial charge in [-0.2, -0.15) is 10.2 Å². The van der Waals surface area contributed by atoms with Gasteiger partial charge < -0.3 is 5.32 Å². The molecule has 0 fully saturated rings. The topological polar surface area (TPSA) is 92.9 Å². The van der Waals surface area contributed by atoms with E-state index in [1.54, 1.807) is 12.3 Å². The molecule has 0 aliphatic rings. The summed E-state index contributed by atoms with van der Waals surface area (Å²) in [5, 5.41) is 13.6. The highest BCUT2D eigenvalue weighted by Gasteiger charge is 2.01. The Morgan fingerprint density at radius 2 is 2.37 bits per heavy atom. The number of H-pyrrole nitrogens is 1. The quantitative estimate of drug-likeness (QED) is 0.635. The van der Waals surface area contributed by atoms with Crippen molar-refractivity contribution >= 4 is 11.5 Å². The lowest BCUT2D eigenvalue weighted by molar-refractivity contribution is 0.591. The molecule has 0 aromatic carbocycles. The van der Waals surface area contributed by atoms with Crippen molar-refractivity contribution in [3.63, 3.8) is 0 Å². The van der Waals surface area contributed by atoms with Gasteiger partial charge in [0.05, 0.1) is 0 Å². The molecule has 0 unspecified atom stereocenters. The average Bonchev–Trinajstić information content (AvgIpc) is 3.05. The Hall–Kier alpha value is -2.64. The van der Waals surface area contributed by atoms with Gasteiger partial charge in [0.25, 0.3) is 0 Å². The van der Waals surface area contributed by atoms with Crippen LogP contribution < -0.4 is 11.0 Å². The van der Waals surface area contributed by atoms with E-state index < -0.39 is 0 Å². The van der Waals surface area contributed by atoms with Crippen molar-refractivity contribution in [3.8, 4) is 0 Å². The van der Waals surface area contributed by atoms with E-state index in [-0.39, 0.29) is 5.69 Å². The Bertz CT molecular complexity index is 712. The average molecular weight is 259 g/mol. The number of hydrogen-bond donors (Lipinski definition) is 2. The smallest absolute Gasteiger partial charge is 0.348 e. The molecular weight excluding hydrogens is 246 g/mol. The van der Waals surface area contributed by atoms with E-state index in [4.69, 9.17) is 0 Å². The molecule has 0 bridgehead atoms. The predicted molar refractivity (Wildman–Crippen MR) is 68.9 cm³/mol. The number of aryl methyl sites for hydroxylation is 1. The number of nitrogens with zero attached hydrogens (tertiary/aromatic N) is 5. The van der Waals surface area contributed by atoms with Crippen LogP contribution in [0.15, 0.2) is 35.6 Å². The number of rotatable bonds is 5. The first-order chi connectivity index (χ1) is 9.33. The van der Waals surface area contributed by atoms with Crippen LogP contribution in [-0.4, -0.2) is 35.9 Å². The standard InChI is InChI=1S/C11H13N7O/c19-11-16-15-10-7-9(13-8-18(10)11)12-3-1-5-17-6-2-4-14-17/h2,4,6-8,12H,1,3,5H2,(H,16,19). The van der Waals surface area contributed by atoms with Crippen molar-refractivity contribution < 1.29 is 0 Å². The Balaban J connectivity index is 1.58. The van der Waals surface area contributed by atoms with Crippen molar-refractivity contribution in [3.05, 3.63) is 41.3 Å². The summed E-state index contributed by atoms with van der Waals surface area (Å²) >= 11 is 0. The summed E-state index contributed by atoms with van der Waals surface area (Å²) in [6.07, 6.45) is 6.08. The second kappa shape index (κ2) is 4.92. The molecular formula is C11H13N7O. The van der Waals surface area contributed by atoms with Gasteiger partial charge in [-0.1, -0.05) is 0 Å². The molecule has 2 N–H and O–H groups in total. The fourth-order valence-corrected chi connectivity index (χ4v) is 1.80. The molecule has 8 heteroatoms. The van der Waals surface area contributed by atoms with Crippen LogP contribution in [0.3, 0.4) is 0 Å². The number of anilines is 1. The molecule has 3 aromatic rings. The Morgan fingerprint density at radius 1 is 1.42 bits per heavy atom. The summed E-state index contributed by atoms with van der Waals surface area (Å²) < 4.78 is 3.24. The minimum atomic E-state index is -0.285. The van der Waals surface area contributed by atoms with Gasteiger partial charge in [-0.15, -0.1) is 0 Å². The lowest BCUT2D eigenvalue weighted by Gasteiger charge is -2.05. The number of fused-ring (bicyclic) bond motifs is 1. The zero-order valence-corrected chi connectivity index (χ0v) is 10.2. The number of hydrogen-bond acceptors (Lipinski definition) is 5. The van der Waals surface area contributed by atoms with Crippen LogP contribution in [0, 0.1) is 0 Å². The fraction of sp³-hybridized carbons (Fsp3) is 0.273. The molecule has 0 saturated heterocycles. The van der Waals surface area contributed by atoms with Crippen LogP contribution in [0.1, 0.15) is 6.42 Å². The zero-order chi connectivity index (χ0) is 13.1. The van der Waals surface area contributed by atoms with Gasteiger partial charge in [0.15, 0.2) is 5.65 Å². The van der Waals surface area contributed by atoms with Crippen molar-refractivity contribution in [1.29, 1.82) is 0 Å². The second-order valence-corrected chi connectivity index (χ2v) is 4.08. The maximum absolute atomic E-state index is 11.3. The second-order valence-electron chi connectivity index (χ2n) is 4.08. The maximum Gasteiger partial charge on any atom is 0.348 e. The molecule has 0 spiro atoms. The summed E-state index contributed by atoms with van der Waals surface area (Å²) in [6, 6.07) is 3.63. The largest absolute Gasteiger partial charge is 0.370 e. The molecule has 0 aliphatic carbocycles. The van der Waals surface area contributed by atoms with Crippen molar-refractivity contribution in [2.45, 2.75) is 13.0 Å². The van der Waals surface area contributed by atoms with E-state index in [1.165, 1.54) is 10.7 Å². The first-order valence-electron chi connectivity index (χ1n) is 5.97. The monoisotopic (exact) mass is 259 g/mol. The van der Waals surface area contributed by atoms with Crippen LogP contribution in [0.25, 0.3) is 5.65 Å². The van der Waals surface area contributed by atoms with E-state index in [0.29, 0.717) is 11.5 Å². The van der Waals surface area contributed by atoms with E-state index >= 15 is 0 Å². The molecule has 3 aromatic heterocycles. The van der Waals surface area contributed by atoms with Gasteiger partial charge in [-0.3, -0.25) is 4.68 Å². The van der Waals surface area contributed by atoms with Crippen molar-refractivity contribution in [1.82, 2.24) is 29.4 Å². The molecule has 0 radical (unpaired) electrons. The SMILES string of the molecule is O=c1[nH]nc2cc(NCCCn3cccn3)ncn12. The molecule has 0 amide bonds. The van der Waals surface area contributed by atoms with Gasteiger partial charge in [0, 0.05) is 31.5 Å². The van der Waals surface area contributed by atoms with Crippen LogP contribution in [0.2, 0.25) is 0 Å². The fourth-order valence-electron chi connectivity index (χ4n) is 1.80. The first kappa shape index (κ1) is 11.5. The predicted octanol–water partition coefficient (Wildman–Crippen LogP) is 0.116. The summed E-state index contributed by atoms with van der Waals surface area (Å²) in [5.41, 5.74) is 0.266. The normalized spacial score (nSPS) is 10.9. The van der Waals surface area contributed by atoms with Gasteiger partial charge in [0.1, 0.15) is 12.1 Å². The van der Waals surface area contributed by atoms with Gasteiger partial charge in [0.2, 0.25) is 0 Å². The molecule has 0 aliphatic heterocycles. The van der Waals surface area contributed by atoms with Crippen LogP contribution in [-0.2, 0) is 6.54 Å². The highest BCUT2D eigenvalue weighted by atomic mass is 16.1. The summed E-state index contributed by atoms with van der Waals surface area (Å²) in [4.78, 5) is 15.4. The van der Waals surface area contributed by atoms with Gasteiger partial charge in [-0.05, 0) is 12.5 Å². The maximum atomic E-state index is 11.3. The van der Waals surface area contributed by atoms with Gasteiger partial charge >= 0.3 is 5.69 Å². The summed E-state index contributed by atoms with van der Waals surface area (Å²) in [7, 11) is 0. The highest BCUT2D eigenvalue weighted by Crippen LogP contribution is 2.04. The van der Waals surface area contributed by atoms with Crippen LogP contribution >= 0.6 is 0 Å². The summed E-state index contributed by atoms with van der Waals surface area (Å²) in [5.74, 6) is 0.701. The molecule has 3 heterocycles. The minimum Gasteiger partial charge on any atom is -0.370 e. The highest BCUT2D eigenvalue weighted by molar-refractivity contribution is 5.48. The molecule has 3 rings (SSSR count). The molecule has 19 heavy (non-hydrogen) atoms. The van der Waals surface area contributed by atoms with E-state index in [0.717, 1.165) is 19.5 Å². The van der Waals surface area contributed by atoms with E-state index in [2.05, 4.69) is 25.6 Å². The van der Waals surface area contributed by atoms with E-state index in [9.17, 15) is 4.79 Å². The molecule has 0 saturated carbocycles. The Labute approximate surface area is 108 Å². The lowest BCUT2D eigenvalue weighted by atomic mass is 10.4. The first-order valence-corrected chi connectivity index (χ1v) is 5.97. The van der Waals surface area contributed by atoms with Crippen molar-refractivity contribution in [2.24, 2.45) is 0 Å². The van der Waals surface area contributed by atoms with Gasteiger partial charge in [-0.25, -0.2) is 19.3 Å². The number of aromatic amines is 1. The minimum absolute atomic E-state index is 0.285. The third-order valence-electron chi connectivity index (χ3n) is 2.74. The van der Waals surface area contributed by atoms with Crippen LogP contribution in [0.5, 0.6) is 0 Å². The lowest BCUT2D eigenvalue weighted by Crippen LogP contribution is -2.11. The van der Waals surface area contributed by atoms with Crippen LogP contribution in [0.4, 0.5) is 5.82 Å². The number of aromatic nitrogens is 6. The summed E-state index contributed by atoms with van der Waals surface area (Å²) in [6.45, 7) is 1.63. The van der Waals surface area contributed by atoms with E-state index in [1.807, 2.05) is 16.9 Å². The zero-order valence-electron chi connectivity index (χ0n) is 10.2.